The van der Waals surface area contributed by atoms with E-state index in [1.807, 2.05) is 7.05 Å². The molecule has 20 heavy (non-hydrogen) atoms. The van der Waals surface area contributed by atoms with Crippen molar-refractivity contribution in [1.82, 2.24) is 14.9 Å². The third-order valence-corrected chi connectivity index (χ3v) is 3.81. The molecule has 1 saturated heterocycles. The summed E-state index contributed by atoms with van der Waals surface area (Å²) in [6, 6.07) is 0.576. The van der Waals surface area contributed by atoms with Crippen LogP contribution in [0.5, 0.6) is 0 Å². The number of likely N-dealkylation sites (N-methyl/N-ethyl adjacent to an activating group) is 2. The fourth-order valence-electron chi connectivity index (χ4n) is 2.66. The molecule has 1 aromatic heterocycles. The van der Waals surface area contributed by atoms with Gasteiger partial charge in [-0.1, -0.05) is 6.92 Å². The van der Waals surface area contributed by atoms with Crippen LogP contribution in [0.3, 0.4) is 0 Å². The van der Waals surface area contributed by atoms with Gasteiger partial charge in [-0.15, -0.1) is 0 Å². The maximum Gasteiger partial charge on any atom is 0.358 e. The predicted octanol–water partition coefficient (Wildman–Crippen LogP) is 1.18. The van der Waals surface area contributed by atoms with Crippen LogP contribution in [0.25, 0.3) is 0 Å². The van der Waals surface area contributed by atoms with E-state index in [1.54, 1.807) is 6.20 Å². The summed E-state index contributed by atoms with van der Waals surface area (Å²) in [5.41, 5.74) is 0.237. The van der Waals surface area contributed by atoms with Gasteiger partial charge in [0.1, 0.15) is 5.82 Å². The van der Waals surface area contributed by atoms with Crippen molar-refractivity contribution in [2.75, 3.05) is 38.7 Å². The van der Waals surface area contributed by atoms with Crippen molar-refractivity contribution in [3.05, 3.63) is 18.1 Å². The Bertz CT molecular complexity index is 449. The molecule has 1 aliphatic rings. The number of carbonyl (C=O) groups is 1. The normalized spacial score (nSPS) is 19.1. The summed E-state index contributed by atoms with van der Waals surface area (Å²) in [5, 5.41) is 0. The molecule has 1 aliphatic heterocycles. The van der Waals surface area contributed by atoms with E-state index in [1.165, 1.54) is 32.7 Å². The summed E-state index contributed by atoms with van der Waals surface area (Å²) < 4.78 is 4.61. The number of anilines is 1. The molecule has 6 heteroatoms. The second-order valence-electron chi connectivity index (χ2n) is 5.06. The molecular formula is C14H22N4O2. The lowest BCUT2D eigenvalue weighted by Gasteiger charge is -2.28. The molecule has 2 rings (SSSR count). The van der Waals surface area contributed by atoms with Crippen molar-refractivity contribution in [3.8, 4) is 0 Å². The lowest BCUT2D eigenvalue weighted by Crippen LogP contribution is -2.39. The number of rotatable bonds is 5. The lowest BCUT2D eigenvalue weighted by atomic mass is 10.2. The summed E-state index contributed by atoms with van der Waals surface area (Å²) in [4.78, 5) is 24.3. The minimum Gasteiger partial charge on any atom is -0.464 e. The average molecular weight is 278 g/mol. The number of carbonyl (C=O) groups excluding carboxylic acids is 1. The Labute approximate surface area is 119 Å². The van der Waals surface area contributed by atoms with Gasteiger partial charge in [0.15, 0.2) is 5.69 Å². The van der Waals surface area contributed by atoms with Crippen LogP contribution < -0.4 is 4.90 Å². The second-order valence-corrected chi connectivity index (χ2v) is 5.06. The summed E-state index contributed by atoms with van der Waals surface area (Å²) >= 11 is 0. The highest BCUT2D eigenvalue weighted by Gasteiger charge is 2.24. The molecule has 0 N–H and O–H groups in total. The van der Waals surface area contributed by atoms with Gasteiger partial charge in [0.05, 0.1) is 19.5 Å². The fourth-order valence-corrected chi connectivity index (χ4v) is 2.66. The molecule has 0 spiro atoms. The molecule has 0 aromatic carbocycles. The number of methoxy groups -OCH3 is 1. The van der Waals surface area contributed by atoms with E-state index in [-0.39, 0.29) is 5.69 Å². The zero-order valence-corrected chi connectivity index (χ0v) is 12.4. The first-order valence-corrected chi connectivity index (χ1v) is 7.01. The standard InChI is InChI=1S/C14H22N4O2/c1-4-18-7-5-6-11(18)10-17(2)13-9-15-12(8-16-13)14(19)20-3/h8-9,11H,4-7,10H2,1-3H3. The molecule has 1 unspecified atom stereocenters. The first-order valence-electron chi connectivity index (χ1n) is 7.01. The molecule has 1 fully saturated rings. The Morgan fingerprint density at radius 2 is 2.30 bits per heavy atom. The number of aromatic nitrogens is 2. The monoisotopic (exact) mass is 278 g/mol. The number of hydrogen-bond donors (Lipinski definition) is 0. The minimum absolute atomic E-state index is 0.237. The Balaban J connectivity index is 1.98. The van der Waals surface area contributed by atoms with E-state index in [4.69, 9.17) is 0 Å². The highest BCUT2D eigenvalue weighted by molar-refractivity contribution is 5.86. The SMILES string of the molecule is CCN1CCCC1CN(C)c1cnc(C(=O)OC)cn1. The number of likely N-dealkylation sites (tertiary alicyclic amines) is 1. The predicted molar refractivity (Wildman–Crippen MR) is 76.9 cm³/mol. The van der Waals surface area contributed by atoms with Crippen LogP contribution >= 0.6 is 0 Å². The van der Waals surface area contributed by atoms with Gasteiger partial charge < -0.3 is 9.64 Å². The number of hydrogen-bond acceptors (Lipinski definition) is 6. The van der Waals surface area contributed by atoms with E-state index < -0.39 is 5.97 Å². The van der Waals surface area contributed by atoms with E-state index in [0.717, 1.165) is 18.9 Å². The van der Waals surface area contributed by atoms with Crippen molar-refractivity contribution in [2.24, 2.45) is 0 Å². The van der Waals surface area contributed by atoms with Gasteiger partial charge in [-0.2, -0.15) is 0 Å². The van der Waals surface area contributed by atoms with Gasteiger partial charge in [0.25, 0.3) is 0 Å². The molecule has 6 nitrogen and oxygen atoms in total. The third-order valence-electron chi connectivity index (χ3n) is 3.81. The van der Waals surface area contributed by atoms with Crippen molar-refractivity contribution >= 4 is 11.8 Å². The Hall–Kier alpha value is -1.69. The third kappa shape index (κ3) is 3.25. The van der Waals surface area contributed by atoms with Crippen molar-refractivity contribution < 1.29 is 9.53 Å². The number of ether oxygens (including phenoxy) is 1. The van der Waals surface area contributed by atoms with Gasteiger partial charge >= 0.3 is 5.97 Å². The zero-order valence-electron chi connectivity index (χ0n) is 12.4. The van der Waals surface area contributed by atoms with E-state index in [9.17, 15) is 4.79 Å². The first kappa shape index (κ1) is 14.7. The van der Waals surface area contributed by atoms with Crippen LogP contribution in [0, 0.1) is 0 Å². The molecule has 0 radical (unpaired) electrons. The van der Waals surface area contributed by atoms with Gasteiger partial charge in [-0.25, -0.2) is 14.8 Å². The molecular weight excluding hydrogens is 256 g/mol. The van der Waals surface area contributed by atoms with Gasteiger partial charge in [0.2, 0.25) is 0 Å². The van der Waals surface area contributed by atoms with E-state index in [0.29, 0.717) is 6.04 Å². The Kier molecular flexibility index (Phi) is 4.89. The summed E-state index contributed by atoms with van der Waals surface area (Å²) in [6.07, 6.45) is 5.58. The van der Waals surface area contributed by atoms with Crippen LogP contribution in [0.15, 0.2) is 12.4 Å². The van der Waals surface area contributed by atoms with Crippen molar-refractivity contribution in [1.29, 1.82) is 0 Å². The van der Waals surface area contributed by atoms with E-state index in [2.05, 4.69) is 31.4 Å². The highest BCUT2D eigenvalue weighted by Crippen LogP contribution is 2.19. The molecule has 1 atom stereocenters. The van der Waals surface area contributed by atoms with Gasteiger partial charge in [-0.3, -0.25) is 4.90 Å². The maximum absolute atomic E-state index is 11.3. The second kappa shape index (κ2) is 6.65. The molecule has 110 valence electrons. The summed E-state index contributed by atoms with van der Waals surface area (Å²) in [6.45, 7) is 5.40. The van der Waals surface area contributed by atoms with Gasteiger partial charge in [0, 0.05) is 19.6 Å². The Morgan fingerprint density at radius 3 is 2.90 bits per heavy atom. The van der Waals surface area contributed by atoms with Crippen molar-refractivity contribution in [3.63, 3.8) is 0 Å². The molecule has 0 bridgehead atoms. The first-order chi connectivity index (χ1) is 9.65. The molecule has 0 aliphatic carbocycles. The van der Waals surface area contributed by atoms with E-state index >= 15 is 0 Å². The Morgan fingerprint density at radius 1 is 1.50 bits per heavy atom. The van der Waals surface area contributed by atoms with Crippen LogP contribution in [0.1, 0.15) is 30.3 Å². The maximum atomic E-state index is 11.3. The molecule has 0 amide bonds. The van der Waals surface area contributed by atoms with Crippen LogP contribution in [0.2, 0.25) is 0 Å². The minimum atomic E-state index is -0.459. The van der Waals surface area contributed by atoms with Gasteiger partial charge in [-0.05, 0) is 25.9 Å². The quantitative estimate of drug-likeness (QED) is 0.754. The smallest absolute Gasteiger partial charge is 0.358 e. The molecule has 2 heterocycles. The largest absolute Gasteiger partial charge is 0.464 e. The van der Waals surface area contributed by atoms with Crippen molar-refractivity contribution in [2.45, 2.75) is 25.8 Å². The topological polar surface area (TPSA) is 58.6 Å². The highest BCUT2D eigenvalue weighted by atomic mass is 16.5. The van der Waals surface area contributed by atoms with Crippen LogP contribution in [-0.2, 0) is 4.74 Å². The molecule has 0 saturated carbocycles. The zero-order chi connectivity index (χ0) is 14.5. The summed E-state index contributed by atoms with van der Waals surface area (Å²) in [5.74, 6) is 0.320. The summed E-state index contributed by atoms with van der Waals surface area (Å²) in [7, 11) is 3.34. The number of nitrogens with zero attached hydrogens (tertiary/aromatic N) is 4. The number of esters is 1. The van der Waals surface area contributed by atoms with Crippen LogP contribution in [0.4, 0.5) is 5.82 Å². The fraction of sp³-hybridized carbons (Fsp3) is 0.643. The van der Waals surface area contributed by atoms with Crippen LogP contribution in [-0.4, -0.2) is 60.7 Å². The lowest BCUT2D eigenvalue weighted by molar-refractivity contribution is 0.0593. The molecule has 1 aromatic rings. The average Bonchev–Trinajstić information content (AvgIpc) is 2.93.